The van der Waals surface area contributed by atoms with Crippen molar-refractivity contribution in [3.05, 3.63) is 4.88 Å². The number of nitrogens with zero attached hydrogens (tertiary/aromatic N) is 2. The first kappa shape index (κ1) is 14.1. The Kier molecular flexibility index (Phi) is 4.26. The van der Waals surface area contributed by atoms with Crippen molar-refractivity contribution in [1.82, 2.24) is 9.88 Å². The number of nitrogen functional groups attached to an aromatic ring is 1. The average Bonchev–Trinajstić information content (AvgIpc) is 2.67. The van der Waals surface area contributed by atoms with Gasteiger partial charge in [0.15, 0.2) is 5.13 Å². The molecule has 0 bridgehead atoms. The predicted molar refractivity (Wildman–Crippen MR) is 76.4 cm³/mol. The summed E-state index contributed by atoms with van der Waals surface area (Å²) in [5.74, 6) is 0.582. The molecule has 1 fully saturated rings. The van der Waals surface area contributed by atoms with Gasteiger partial charge < -0.3 is 21.1 Å². The molecule has 106 valence electrons. The van der Waals surface area contributed by atoms with Crippen LogP contribution in [-0.2, 0) is 0 Å². The SMILES string of the molecule is CCNc1nc(N)c(C(=O)N(C)CC2CC(O)C2)s1. The van der Waals surface area contributed by atoms with Crippen LogP contribution in [0.1, 0.15) is 29.4 Å². The van der Waals surface area contributed by atoms with Crippen LogP contribution in [-0.4, -0.2) is 47.1 Å². The Hall–Kier alpha value is -1.34. The van der Waals surface area contributed by atoms with Crippen molar-refractivity contribution in [1.29, 1.82) is 0 Å². The lowest BCUT2D eigenvalue weighted by Gasteiger charge is -2.34. The number of nitrogens with one attached hydrogen (secondary N) is 1. The molecule has 1 aromatic heterocycles. The minimum Gasteiger partial charge on any atom is -0.393 e. The third kappa shape index (κ3) is 3.16. The minimum absolute atomic E-state index is 0.0967. The molecule has 1 aromatic rings. The van der Waals surface area contributed by atoms with Gasteiger partial charge in [-0.15, -0.1) is 0 Å². The molecule has 0 unspecified atom stereocenters. The number of carbonyl (C=O) groups excluding carboxylic acids is 1. The molecule has 7 heteroatoms. The number of amides is 1. The summed E-state index contributed by atoms with van der Waals surface area (Å²) < 4.78 is 0. The summed E-state index contributed by atoms with van der Waals surface area (Å²) in [5, 5.41) is 13.0. The fourth-order valence-corrected chi connectivity index (χ4v) is 3.15. The second-order valence-corrected chi connectivity index (χ2v) is 5.94. The second-order valence-electron chi connectivity index (χ2n) is 4.94. The van der Waals surface area contributed by atoms with E-state index >= 15 is 0 Å². The highest BCUT2D eigenvalue weighted by Gasteiger charge is 2.30. The van der Waals surface area contributed by atoms with E-state index in [-0.39, 0.29) is 17.8 Å². The van der Waals surface area contributed by atoms with E-state index in [4.69, 9.17) is 5.73 Å². The first-order valence-electron chi connectivity index (χ1n) is 6.45. The number of aliphatic hydroxyl groups excluding tert-OH is 1. The molecule has 1 heterocycles. The lowest BCUT2D eigenvalue weighted by Crippen LogP contribution is -2.39. The topological polar surface area (TPSA) is 91.5 Å². The number of hydrogen-bond donors (Lipinski definition) is 3. The molecule has 6 nitrogen and oxygen atoms in total. The van der Waals surface area contributed by atoms with Crippen molar-refractivity contribution < 1.29 is 9.90 Å². The monoisotopic (exact) mass is 284 g/mol. The van der Waals surface area contributed by atoms with Gasteiger partial charge in [0.1, 0.15) is 10.7 Å². The summed E-state index contributed by atoms with van der Waals surface area (Å²) in [6, 6.07) is 0. The Bertz CT molecular complexity index is 457. The van der Waals surface area contributed by atoms with Gasteiger partial charge in [-0.2, -0.15) is 0 Å². The highest BCUT2D eigenvalue weighted by molar-refractivity contribution is 7.18. The number of hydrogen-bond acceptors (Lipinski definition) is 6. The Morgan fingerprint density at radius 3 is 2.89 bits per heavy atom. The molecule has 0 spiro atoms. The van der Waals surface area contributed by atoms with E-state index in [0.717, 1.165) is 19.4 Å². The summed E-state index contributed by atoms with van der Waals surface area (Å²) in [5.41, 5.74) is 5.78. The van der Waals surface area contributed by atoms with Crippen LogP contribution >= 0.6 is 11.3 Å². The zero-order valence-electron chi connectivity index (χ0n) is 11.2. The summed E-state index contributed by atoms with van der Waals surface area (Å²) in [7, 11) is 1.76. The van der Waals surface area contributed by atoms with E-state index in [1.165, 1.54) is 11.3 Å². The quantitative estimate of drug-likeness (QED) is 0.750. The van der Waals surface area contributed by atoms with Crippen LogP contribution in [0.25, 0.3) is 0 Å². The highest BCUT2D eigenvalue weighted by atomic mass is 32.1. The number of aromatic nitrogens is 1. The highest BCUT2D eigenvalue weighted by Crippen LogP contribution is 2.30. The molecule has 0 aromatic carbocycles. The number of nitrogens with two attached hydrogens (primary N) is 1. The number of thiazole rings is 1. The molecular weight excluding hydrogens is 264 g/mol. The maximum atomic E-state index is 12.3. The Balaban J connectivity index is 1.98. The van der Waals surface area contributed by atoms with Crippen molar-refractivity contribution in [2.24, 2.45) is 5.92 Å². The lowest BCUT2D eigenvalue weighted by atomic mass is 9.82. The molecule has 1 saturated carbocycles. The van der Waals surface area contributed by atoms with E-state index in [0.29, 0.717) is 22.5 Å². The zero-order valence-corrected chi connectivity index (χ0v) is 12.0. The Morgan fingerprint density at radius 1 is 1.63 bits per heavy atom. The maximum Gasteiger partial charge on any atom is 0.267 e. The van der Waals surface area contributed by atoms with Crippen LogP contribution in [0.5, 0.6) is 0 Å². The van der Waals surface area contributed by atoms with Crippen molar-refractivity contribution in [2.45, 2.75) is 25.9 Å². The molecule has 1 aliphatic carbocycles. The third-order valence-electron chi connectivity index (χ3n) is 3.27. The molecule has 1 amide bonds. The lowest BCUT2D eigenvalue weighted by molar-refractivity contribution is 0.0266. The zero-order chi connectivity index (χ0) is 14.0. The molecule has 0 saturated heterocycles. The molecule has 0 aliphatic heterocycles. The van der Waals surface area contributed by atoms with Crippen LogP contribution in [0, 0.1) is 5.92 Å². The fourth-order valence-electron chi connectivity index (χ4n) is 2.21. The Labute approximate surface area is 116 Å². The molecule has 4 N–H and O–H groups in total. The van der Waals surface area contributed by atoms with Crippen LogP contribution in [0.4, 0.5) is 10.9 Å². The van der Waals surface area contributed by atoms with Gasteiger partial charge in [0.2, 0.25) is 0 Å². The molecular formula is C12H20N4O2S. The van der Waals surface area contributed by atoms with Gasteiger partial charge in [-0.1, -0.05) is 11.3 Å². The number of rotatable bonds is 5. The summed E-state index contributed by atoms with van der Waals surface area (Å²) >= 11 is 1.29. The summed E-state index contributed by atoms with van der Waals surface area (Å²) in [6.07, 6.45) is 1.36. The minimum atomic E-state index is -0.192. The smallest absolute Gasteiger partial charge is 0.267 e. The van der Waals surface area contributed by atoms with Crippen LogP contribution < -0.4 is 11.1 Å². The average molecular weight is 284 g/mol. The van der Waals surface area contributed by atoms with E-state index in [1.54, 1.807) is 11.9 Å². The van der Waals surface area contributed by atoms with Crippen molar-refractivity contribution in [3.8, 4) is 0 Å². The molecule has 0 radical (unpaired) electrons. The molecule has 19 heavy (non-hydrogen) atoms. The van der Waals surface area contributed by atoms with Gasteiger partial charge >= 0.3 is 0 Å². The van der Waals surface area contributed by atoms with Crippen LogP contribution in [0.3, 0.4) is 0 Å². The van der Waals surface area contributed by atoms with Gasteiger partial charge in [-0.3, -0.25) is 4.79 Å². The molecule has 0 atom stereocenters. The molecule has 1 aliphatic rings. The first-order valence-corrected chi connectivity index (χ1v) is 7.26. The van der Waals surface area contributed by atoms with Crippen molar-refractivity contribution in [3.63, 3.8) is 0 Å². The van der Waals surface area contributed by atoms with E-state index in [2.05, 4.69) is 10.3 Å². The maximum absolute atomic E-state index is 12.3. The van der Waals surface area contributed by atoms with Gasteiger partial charge in [0.25, 0.3) is 5.91 Å². The van der Waals surface area contributed by atoms with Gasteiger partial charge in [0.05, 0.1) is 6.10 Å². The Morgan fingerprint density at radius 2 is 2.32 bits per heavy atom. The van der Waals surface area contributed by atoms with Crippen LogP contribution in [0.2, 0.25) is 0 Å². The van der Waals surface area contributed by atoms with Gasteiger partial charge in [-0.05, 0) is 25.7 Å². The van der Waals surface area contributed by atoms with E-state index < -0.39 is 0 Å². The normalized spacial score (nSPS) is 21.8. The van der Waals surface area contributed by atoms with Crippen molar-refractivity contribution in [2.75, 3.05) is 31.2 Å². The number of carbonyl (C=O) groups is 1. The van der Waals surface area contributed by atoms with E-state index in [9.17, 15) is 9.90 Å². The summed E-state index contributed by atoms with van der Waals surface area (Å²) in [6.45, 7) is 3.37. The standard InChI is InChI=1S/C12H20N4O2S/c1-3-14-12-15-10(13)9(19-12)11(18)16(2)6-7-4-8(17)5-7/h7-8,17H,3-6,13H2,1-2H3,(H,14,15). The van der Waals surface area contributed by atoms with Crippen molar-refractivity contribution >= 4 is 28.2 Å². The molecule has 2 rings (SSSR count). The third-order valence-corrected chi connectivity index (χ3v) is 4.28. The second kappa shape index (κ2) is 5.75. The van der Waals surface area contributed by atoms with Gasteiger partial charge in [0, 0.05) is 20.1 Å². The summed E-state index contributed by atoms with van der Waals surface area (Å²) in [4.78, 5) is 18.5. The number of aliphatic hydroxyl groups is 1. The fraction of sp³-hybridized carbons (Fsp3) is 0.667. The van der Waals surface area contributed by atoms with Gasteiger partial charge in [-0.25, -0.2) is 4.98 Å². The first-order chi connectivity index (χ1) is 9.01. The van der Waals surface area contributed by atoms with E-state index in [1.807, 2.05) is 6.92 Å². The largest absolute Gasteiger partial charge is 0.393 e. The van der Waals surface area contributed by atoms with Crippen LogP contribution in [0.15, 0.2) is 0 Å². The predicted octanol–water partition coefficient (Wildman–Crippen LogP) is 1.000. The number of anilines is 2.